The van der Waals surface area contributed by atoms with Gasteiger partial charge in [0.05, 0.1) is 0 Å². The summed E-state index contributed by atoms with van der Waals surface area (Å²) in [6, 6.07) is 8.55. The van der Waals surface area contributed by atoms with Gasteiger partial charge in [0, 0.05) is 6.54 Å². The molecule has 0 spiro atoms. The molecule has 0 bridgehead atoms. The Kier molecular flexibility index (Phi) is 7.55. The number of nitrogens with zero attached hydrogens (tertiary/aromatic N) is 1. The lowest BCUT2D eigenvalue weighted by atomic mass is 10.1. The molecular weight excluding hydrogens is 258 g/mol. The van der Waals surface area contributed by atoms with Gasteiger partial charge in [-0.25, -0.2) is 0 Å². The Morgan fingerprint density at radius 3 is 2.67 bits per heavy atom. The SMILES string of the molecule is C=C/C(OCc1cccc(CN(C)CC)c1)=C(C)\C=C/C. The fourth-order valence-corrected chi connectivity index (χ4v) is 2.07. The highest BCUT2D eigenvalue weighted by atomic mass is 16.5. The molecule has 2 nitrogen and oxygen atoms in total. The molecule has 0 N–H and O–H groups in total. The van der Waals surface area contributed by atoms with Crippen LogP contribution < -0.4 is 0 Å². The van der Waals surface area contributed by atoms with Crippen LogP contribution in [0, 0.1) is 0 Å². The summed E-state index contributed by atoms with van der Waals surface area (Å²) in [4.78, 5) is 2.28. The van der Waals surface area contributed by atoms with Crippen LogP contribution in [0.5, 0.6) is 0 Å². The van der Waals surface area contributed by atoms with E-state index in [2.05, 4.69) is 49.7 Å². The lowest BCUT2D eigenvalue weighted by molar-refractivity contribution is 0.208. The smallest absolute Gasteiger partial charge is 0.122 e. The average Bonchev–Trinajstić information content (AvgIpc) is 2.48. The van der Waals surface area contributed by atoms with Crippen LogP contribution in [0.3, 0.4) is 0 Å². The van der Waals surface area contributed by atoms with E-state index in [4.69, 9.17) is 4.74 Å². The number of ether oxygens (including phenoxy) is 1. The predicted octanol–water partition coefficient (Wildman–Crippen LogP) is 4.69. The van der Waals surface area contributed by atoms with Gasteiger partial charge in [0.2, 0.25) is 0 Å². The van der Waals surface area contributed by atoms with E-state index in [0.29, 0.717) is 6.61 Å². The van der Waals surface area contributed by atoms with E-state index in [1.807, 2.05) is 26.0 Å². The highest BCUT2D eigenvalue weighted by Gasteiger charge is 2.02. The van der Waals surface area contributed by atoms with E-state index < -0.39 is 0 Å². The quantitative estimate of drug-likeness (QED) is 0.507. The minimum Gasteiger partial charge on any atom is -0.489 e. The van der Waals surface area contributed by atoms with Crippen LogP contribution in [0.2, 0.25) is 0 Å². The van der Waals surface area contributed by atoms with Crippen molar-refractivity contribution in [2.45, 2.75) is 33.9 Å². The highest BCUT2D eigenvalue weighted by Crippen LogP contribution is 2.14. The molecule has 0 radical (unpaired) electrons. The molecule has 0 saturated heterocycles. The number of allylic oxidation sites excluding steroid dienone is 4. The zero-order valence-electron chi connectivity index (χ0n) is 13.7. The van der Waals surface area contributed by atoms with Crippen molar-refractivity contribution in [3.8, 4) is 0 Å². The summed E-state index contributed by atoms with van der Waals surface area (Å²) in [5, 5.41) is 0. The molecule has 0 aliphatic rings. The summed E-state index contributed by atoms with van der Waals surface area (Å²) >= 11 is 0. The van der Waals surface area contributed by atoms with Gasteiger partial charge in [-0.2, -0.15) is 0 Å². The molecular formula is C19H27NO. The minimum atomic E-state index is 0.569. The monoisotopic (exact) mass is 285 g/mol. The van der Waals surface area contributed by atoms with Gasteiger partial charge in [-0.15, -0.1) is 0 Å². The summed E-state index contributed by atoms with van der Waals surface area (Å²) in [5.74, 6) is 0.837. The summed E-state index contributed by atoms with van der Waals surface area (Å²) in [7, 11) is 2.13. The van der Waals surface area contributed by atoms with Crippen LogP contribution >= 0.6 is 0 Å². The normalized spacial score (nSPS) is 12.6. The first kappa shape index (κ1) is 17.3. The molecule has 0 heterocycles. The van der Waals surface area contributed by atoms with Gasteiger partial charge in [-0.3, -0.25) is 0 Å². The molecule has 21 heavy (non-hydrogen) atoms. The molecule has 1 aromatic rings. The Hall–Kier alpha value is -1.80. The van der Waals surface area contributed by atoms with Gasteiger partial charge in [-0.05, 0) is 50.2 Å². The predicted molar refractivity (Wildman–Crippen MR) is 91.0 cm³/mol. The second-order valence-electron chi connectivity index (χ2n) is 5.19. The molecule has 0 atom stereocenters. The molecule has 114 valence electrons. The van der Waals surface area contributed by atoms with Crippen LogP contribution in [0.4, 0.5) is 0 Å². The molecule has 0 fully saturated rings. The second kappa shape index (κ2) is 9.19. The molecule has 0 aliphatic heterocycles. The van der Waals surface area contributed by atoms with Crippen LogP contribution in [0.1, 0.15) is 31.9 Å². The molecule has 0 aromatic heterocycles. The van der Waals surface area contributed by atoms with Crippen molar-refractivity contribution >= 4 is 0 Å². The topological polar surface area (TPSA) is 12.5 Å². The van der Waals surface area contributed by atoms with Gasteiger partial charge in [0.25, 0.3) is 0 Å². The van der Waals surface area contributed by atoms with Crippen molar-refractivity contribution in [1.82, 2.24) is 4.90 Å². The third-order valence-electron chi connectivity index (χ3n) is 3.37. The highest BCUT2D eigenvalue weighted by molar-refractivity contribution is 5.27. The Bertz CT molecular complexity index is 514. The lowest BCUT2D eigenvalue weighted by Crippen LogP contribution is -2.16. The second-order valence-corrected chi connectivity index (χ2v) is 5.19. The standard InChI is InChI=1S/C19H27NO/c1-6-10-16(4)19(7-2)21-15-18-12-9-11-17(13-18)14-20(5)8-3/h6-7,9-13H,2,8,14-15H2,1,3-5H3/b10-6-,19-16+. The van der Waals surface area contributed by atoms with Crippen molar-refractivity contribution in [1.29, 1.82) is 0 Å². The minimum absolute atomic E-state index is 0.569. The van der Waals surface area contributed by atoms with Gasteiger partial charge >= 0.3 is 0 Å². The third kappa shape index (κ3) is 6.01. The maximum atomic E-state index is 5.87. The summed E-state index contributed by atoms with van der Waals surface area (Å²) in [6.45, 7) is 12.6. The van der Waals surface area contributed by atoms with E-state index in [-0.39, 0.29) is 0 Å². The maximum absolute atomic E-state index is 5.87. The number of hydrogen-bond donors (Lipinski definition) is 0. The van der Waals surface area contributed by atoms with E-state index in [1.54, 1.807) is 6.08 Å². The van der Waals surface area contributed by atoms with Crippen molar-refractivity contribution in [2.24, 2.45) is 0 Å². The van der Waals surface area contributed by atoms with E-state index in [0.717, 1.165) is 24.4 Å². The number of benzene rings is 1. The molecule has 1 aromatic carbocycles. The van der Waals surface area contributed by atoms with Gasteiger partial charge in [0.15, 0.2) is 0 Å². The maximum Gasteiger partial charge on any atom is 0.122 e. The molecule has 0 unspecified atom stereocenters. The summed E-state index contributed by atoms with van der Waals surface area (Å²) in [6.07, 6.45) is 5.80. The molecule has 2 heteroatoms. The third-order valence-corrected chi connectivity index (χ3v) is 3.37. The van der Waals surface area contributed by atoms with E-state index in [9.17, 15) is 0 Å². The zero-order chi connectivity index (χ0) is 15.7. The first-order valence-electron chi connectivity index (χ1n) is 7.45. The summed E-state index contributed by atoms with van der Waals surface area (Å²) in [5.41, 5.74) is 3.59. The van der Waals surface area contributed by atoms with Crippen LogP contribution in [-0.2, 0) is 17.9 Å². The van der Waals surface area contributed by atoms with Crippen LogP contribution in [0.15, 0.2) is 60.4 Å². The van der Waals surface area contributed by atoms with Gasteiger partial charge in [0.1, 0.15) is 12.4 Å². The molecule has 1 rings (SSSR count). The Morgan fingerprint density at radius 1 is 1.33 bits per heavy atom. The first-order valence-corrected chi connectivity index (χ1v) is 7.45. The fourth-order valence-electron chi connectivity index (χ4n) is 2.07. The van der Waals surface area contributed by atoms with Crippen molar-refractivity contribution in [3.63, 3.8) is 0 Å². The van der Waals surface area contributed by atoms with Crippen LogP contribution in [0.25, 0.3) is 0 Å². The molecule has 0 amide bonds. The van der Waals surface area contributed by atoms with Gasteiger partial charge in [-0.1, -0.05) is 49.9 Å². The van der Waals surface area contributed by atoms with Gasteiger partial charge < -0.3 is 9.64 Å². The van der Waals surface area contributed by atoms with Crippen molar-refractivity contribution in [2.75, 3.05) is 13.6 Å². The van der Waals surface area contributed by atoms with Crippen molar-refractivity contribution < 1.29 is 4.74 Å². The lowest BCUT2D eigenvalue weighted by Gasteiger charge is -2.15. The summed E-state index contributed by atoms with van der Waals surface area (Å²) < 4.78 is 5.87. The van der Waals surface area contributed by atoms with Crippen LogP contribution in [-0.4, -0.2) is 18.5 Å². The Morgan fingerprint density at radius 2 is 2.05 bits per heavy atom. The fraction of sp³-hybridized carbons (Fsp3) is 0.368. The first-order chi connectivity index (χ1) is 10.1. The number of hydrogen-bond acceptors (Lipinski definition) is 2. The van der Waals surface area contributed by atoms with E-state index in [1.165, 1.54) is 11.1 Å². The van der Waals surface area contributed by atoms with Crippen molar-refractivity contribution in [3.05, 3.63) is 71.5 Å². The van der Waals surface area contributed by atoms with E-state index >= 15 is 0 Å². The Labute approximate surface area is 129 Å². The Balaban J connectivity index is 2.73. The molecule has 0 aliphatic carbocycles. The average molecular weight is 285 g/mol. The largest absolute Gasteiger partial charge is 0.489 e. The number of rotatable bonds is 8. The zero-order valence-corrected chi connectivity index (χ0v) is 13.7. The molecule has 0 saturated carbocycles.